The number of amides is 1. The number of nitrogens with one attached hydrogen (secondary N) is 1. The predicted octanol–water partition coefficient (Wildman–Crippen LogP) is 3.08. The molecule has 1 aliphatic rings. The van der Waals surface area contributed by atoms with Crippen LogP contribution in [-0.2, 0) is 24.4 Å². The summed E-state index contributed by atoms with van der Waals surface area (Å²) in [6, 6.07) is 5.75. The van der Waals surface area contributed by atoms with Gasteiger partial charge in [-0.15, -0.1) is 0 Å². The molecule has 0 bridgehead atoms. The molecule has 0 saturated carbocycles. The largest absolute Gasteiger partial charge is 0.383 e. The van der Waals surface area contributed by atoms with E-state index in [2.05, 4.69) is 25.4 Å². The lowest BCUT2D eigenvalue weighted by Gasteiger charge is -2.15. The summed E-state index contributed by atoms with van der Waals surface area (Å²) in [7, 11) is 1.54. The summed E-state index contributed by atoms with van der Waals surface area (Å²) in [5.41, 5.74) is 9.58. The van der Waals surface area contributed by atoms with Gasteiger partial charge in [-0.25, -0.2) is 23.7 Å². The van der Waals surface area contributed by atoms with Crippen molar-refractivity contribution in [3.8, 4) is 0 Å². The van der Waals surface area contributed by atoms with Gasteiger partial charge in [-0.3, -0.25) is 9.48 Å². The SMILES string of the molecule is COCc1nn(Cc2cnc(N3CCC(F)(F)C3)nc2)cc1C(=O)NCc1ccc2c(N)nccc2c1C. The lowest BCUT2D eigenvalue weighted by molar-refractivity contribution is 0.0256. The number of rotatable bonds is 8. The summed E-state index contributed by atoms with van der Waals surface area (Å²) in [6.45, 7) is 2.61. The van der Waals surface area contributed by atoms with Gasteiger partial charge in [0, 0.05) is 62.4 Å². The lowest BCUT2D eigenvalue weighted by Crippen LogP contribution is -2.26. The maximum absolute atomic E-state index is 13.5. The Bertz CT molecular complexity index is 1470. The molecule has 0 unspecified atom stereocenters. The molecule has 38 heavy (non-hydrogen) atoms. The average molecular weight is 523 g/mol. The molecule has 5 rings (SSSR count). The fourth-order valence-corrected chi connectivity index (χ4v) is 4.60. The molecule has 0 aliphatic carbocycles. The van der Waals surface area contributed by atoms with Crippen LogP contribution in [0.15, 0.2) is 43.0 Å². The number of ether oxygens (including phenoxy) is 1. The Hall–Kier alpha value is -4.19. The molecule has 3 aromatic heterocycles. The Morgan fingerprint density at radius 2 is 1.97 bits per heavy atom. The van der Waals surface area contributed by atoms with Gasteiger partial charge in [-0.05, 0) is 29.5 Å². The van der Waals surface area contributed by atoms with Crippen LogP contribution in [0.4, 0.5) is 20.5 Å². The molecule has 1 fully saturated rings. The Morgan fingerprint density at radius 1 is 1.18 bits per heavy atom. The number of carbonyl (C=O) groups excluding carboxylic acids is 1. The first-order valence-corrected chi connectivity index (χ1v) is 12.1. The minimum Gasteiger partial charge on any atom is -0.383 e. The van der Waals surface area contributed by atoms with Crippen LogP contribution in [-0.4, -0.2) is 56.8 Å². The van der Waals surface area contributed by atoms with Crippen molar-refractivity contribution in [1.29, 1.82) is 0 Å². The molecule has 4 aromatic rings. The van der Waals surface area contributed by atoms with E-state index in [0.717, 1.165) is 27.5 Å². The molecule has 1 aliphatic heterocycles. The first-order chi connectivity index (χ1) is 18.2. The van der Waals surface area contributed by atoms with Gasteiger partial charge in [0.15, 0.2) is 0 Å². The van der Waals surface area contributed by atoms with Gasteiger partial charge in [0.05, 0.1) is 25.3 Å². The van der Waals surface area contributed by atoms with Crippen LogP contribution in [0.2, 0.25) is 0 Å². The van der Waals surface area contributed by atoms with Crippen molar-refractivity contribution >= 4 is 28.4 Å². The molecule has 0 radical (unpaired) electrons. The van der Waals surface area contributed by atoms with Crippen molar-refractivity contribution in [2.75, 3.05) is 30.8 Å². The second kappa shape index (κ2) is 10.3. The van der Waals surface area contributed by atoms with E-state index < -0.39 is 5.92 Å². The van der Waals surface area contributed by atoms with Gasteiger partial charge in [0.25, 0.3) is 11.8 Å². The van der Waals surface area contributed by atoms with E-state index in [-0.39, 0.29) is 38.0 Å². The van der Waals surface area contributed by atoms with Crippen molar-refractivity contribution in [2.24, 2.45) is 0 Å². The van der Waals surface area contributed by atoms with Crippen LogP contribution in [0.25, 0.3) is 10.8 Å². The monoisotopic (exact) mass is 522 g/mol. The zero-order valence-corrected chi connectivity index (χ0v) is 21.1. The highest BCUT2D eigenvalue weighted by Crippen LogP contribution is 2.29. The molecule has 3 N–H and O–H groups in total. The summed E-state index contributed by atoms with van der Waals surface area (Å²) in [4.78, 5) is 27.2. The molecule has 1 amide bonds. The van der Waals surface area contributed by atoms with Gasteiger partial charge < -0.3 is 20.7 Å². The summed E-state index contributed by atoms with van der Waals surface area (Å²) in [5.74, 6) is -2.26. The van der Waals surface area contributed by atoms with E-state index in [9.17, 15) is 13.6 Å². The van der Waals surface area contributed by atoms with Gasteiger partial charge in [-0.2, -0.15) is 5.10 Å². The fraction of sp³-hybridized carbons (Fsp3) is 0.346. The van der Waals surface area contributed by atoms with E-state index in [0.29, 0.717) is 30.2 Å². The van der Waals surface area contributed by atoms with Crippen molar-refractivity contribution in [1.82, 2.24) is 30.0 Å². The topological polar surface area (TPSA) is 124 Å². The number of nitrogen functional groups attached to an aromatic ring is 1. The molecular formula is C26H28F2N8O2. The summed E-state index contributed by atoms with van der Waals surface area (Å²) in [6.07, 6.45) is 6.28. The summed E-state index contributed by atoms with van der Waals surface area (Å²) in [5, 5.41) is 9.34. The van der Waals surface area contributed by atoms with Gasteiger partial charge in [0.2, 0.25) is 5.95 Å². The number of halogens is 2. The number of carbonyl (C=O) groups is 1. The number of nitrogens with two attached hydrogens (primary N) is 1. The molecule has 198 valence electrons. The van der Waals surface area contributed by atoms with Crippen molar-refractivity contribution in [3.05, 3.63) is 70.9 Å². The summed E-state index contributed by atoms with van der Waals surface area (Å²) < 4.78 is 33.9. The number of anilines is 2. The van der Waals surface area contributed by atoms with E-state index in [1.54, 1.807) is 29.5 Å². The highest BCUT2D eigenvalue weighted by Gasteiger charge is 2.39. The average Bonchev–Trinajstić information content (AvgIpc) is 3.47. The van der Waals surface area contributed by atoms with E-state index >= 15 is 0 Å². The minimum atomic E-state index is -2.72. The molecular weight excluding hydrogens is 494 g/mol. The second-order valence-electron chi connectivity index (χ2n) is 9.36. The quantitative estimate of drug-likeness (QED) is 0.362. The first-order valence-electron chi connectivity index (χ1n) is 12.1. The Balaban J connectivity index is 1.28. The third-order valence-corrected chi connectivity index (χ3v) is 6.65. The lowest BCUT2D eigenvalue weighted by atomic mass is 10.0. The highest BCUT2D eigenvalue weighted by molar-refractivity contribution is 5.96. The number of alkyl halides is 2. The van der Waals surface area contributed by atoms with E-state index in [1.807, 2.05) is 25.1 Å². The number of benzene rings is 1. The molecule has 4 heterocycles. The smallest absolute Gasteiger partial charge is 0.267 e. The number of hydrogen-bond donors (Lipinski definition) is 2. The zero-order valence-electron chi connectivity index (χ0n) is 21.1. The van der Waals surface area contributed by atoms with Gasteiger partial charge in [0.1, 0.15) is 11.5 Å². The number of nitrogens with zero attached hydrogens (tertiary/aromatic N) is 6. The molecule has 12 heteroatoms. The molecule has 0 atom stereocenters. The van der Waals surface area contributed by atoms with Crippen molar-refractivity contribution in [3.63, 3.8) is 0 Å². The van der Waals surface area contributed by atoms with E-state index in [4.69, 9.17) is 10.5 Å². The summed E-state index contributed by atoms with van der Waals surface area (Å²) >= 11 is 0. The van der Waals surface area contributed by atoms with Gasteiger partial charge in [-0.1, -0.05) is 12.1 Å². The zero-order chi connectivity index (χ0) is 26.9. The Labute approximate surface area is 217 Å². The predicted molar refractivity (Wildman–Crippen MR) is 138 cm³/mol. The molecule has 1 aromatic carbocycles. The van der Waals surface area contributed by atoms with Crippen LogP contribution in [0.5, 0.6) is 0 Å². The maximum atomic E-state index is 13.5. The number of aryl methyl sites for hydroxylation is 1. The van der Waals surface area contributed by atoms with Crippen LogP contribution in [0.1, 0.15) is 39.2 Å². The number of aromatic nitrogens is 5. The third-order valence-electron chi connectivity index (χ3n) is 6.65. The van der Waals surface area contributed by atoms with Gasteiger partial charge >= 0.3 is 0 Å². The number of pyridine rings is 1. The highest BCUT2D eigenvalue weighted by atomic mass is 19.3. The van der Waals surface area contributed by atoms with Crippen molar-refractivity contribution in [2.45, 2.75) is 39.0 Å². The minimum absolute atomic E-state index is 0.162. The fourth-order valence-electron chi connectivity index (χ4n) is 4.60. The van der Waals surface area contributed by atoms with E-state index in [1.165, 1.54) is 12.0 Å². The second-order valence-corrected chi connectivity index (χ2v) is 9.36. The maximum Gasteiger partial charge on any atom is 0.267 e. The molecule has 1 saturated heterocycles. The Kier molecular flexibility index (Phi) is 6.89. The Morgan fingerprint density at radius 3 is 2.68 bits per heavy atom. The van der Waals surface area contributed by atoms with Crippen LogP contribution in [0.3, 0.4) is 0 Å². The number of fused-ring (bicyclic) bond motifs is 1. The first kappa shape index (κ1) is 25.5. The molecule has 0 spiro atoms. The number of hydrogen-bond acceptors (Lipinski definition) is 8. The van der Waals surface area contributed by atoms with Crippen molar-refractivity contribution < 1.29 is 18.3 Å². The number of methoxy groups -OCH3 is 1. The standard InChI is InChI=1S/C26H28F2N8O2/c1-16-18(3-4-20-19(16)5-7-30-23(20)29)11-31-24(37)21-13-36(34-22(21)14-38-2)12-17-9-32-25(33-10-17)35-8-6-26(27,28)15-35/h3-5,7,9-10,13H,6,8,11-12,14-15H2,1-2H3,(H2,29,30)(H,31,37). The third kappa shape index (κ3) is 5.25. The normalized spacial score (nSPS) is 14.8. The van der Waals surface area contributed by atoms with Crippen LogP contribution >= 0.6 is 0 Å². The van der Waals surface area contributed by atoms with Crippen LogP contribution in [0, 0.1) is 6.92 Å². The molecule has 10 nitrogen and oxygen atoms in total. The van der Waals surface area contributed by atoms with Crippen LogP contribution < -0.4 is 16.0 Å².